The van der Waals surface area contributed by atoms with E-state index in [0.717, 1.165) is 4.88 Å². The summed E-state index contributed by atoms with van der Waals surface area (Å²) in [6, 6.07) is 10.5. The summed E-state index contributed by atoms with van der Waals surface area (Å²) in [7, 11) is 0. The second kappa shape index (κ2) is 5.72. The van der Waals surface area contributed by atoms with Gasteiger partial charge in [0.2, 0.25) is 0 Å². The van der Waals surface area contributed by atoms with Gasteiger partial charge in [-0.2, -0.15) is 5.10 Å². The molecule has 0 bridgehead atoms. The molecule has 0 aliphatic carbocycles. The van der Waals surface area contributed by atoms with Crippen molar-refractivity contribution >= 4 is 34.6 Å². The van der Waals surface area contributed by atoms with Crippen molar-refractivity contribution in [2.24, 2.45) is 5.10 Å². The number of hydrazone groups is 1. The molecule has 1 amide bonds. The van der Waals surface area contributed by atoms with E-state index in [1.807, 2.05) is 17.5 Å². The van der Waals surface area contributed by atoms with Crippen LogP contribution in [-0.4, -0.2) is 16.6 Å². The molecule has 7 heteroatoms. The number of nitrogens with zero attached hydrogens (tertiary/aromatic N) is 2. The van der Waals surface area contributed by atoms with Crippen LogP contribution in [0.25, 0.3) is 0 Å². The highest BCUT2D eigenvalue weighted by molar-refractivity contribution is 7.10. The summed E-state index contributed by atoms with van der Waals surface area (Å²) in [4.78, 5) is 13.7. The van der Waals surface area contributed by atoms with E-state index in [9.17, 15) is 4.79 Å². The zero-order chi connectivity index (χ0) is 15.8. The lowest BCUT2D eigenvalue weighted by molar-refractivity contribution is 0.0681. The fourth-order valence-corrected chi connectivity index (χ4v) is 3.49. The lowest BCUT2D eigenvalue weighted by atomic mass is 10.1. The van der Waals surface area contributed by atoms with E-state index in [1.165, 1.54) is 11.3 Å². The minimum Gasteiger partial charge on any atom is -0.459 e. The minimum atomic E-state index is -0.277. The topological polar surface area (TPSA) is 59.0 Å². The normalized spacial score (nSPS) is 17.5. The van der Waals surface area contributed by atoms with Gasteiger partial charge in [0.15, 0.2) is 16.7 Å². The minimum absolute atomic E-state index is 0.175. The van der Waals surface area contributed by atoms with Crippen LogP contribution in [0.5, 0.6) is 0 Å². The Kier molecular flexibility index (Phi) is 3.55. The van der Waals surface area contributed by atoms with Crippen molar-refractivity contribution in [1.82, 2.24) is 5.01 Å². The molecule has 1 atom stereocenters. The average Bonchev–Trinajstić information content (AvgIpc) is 3.31. The maximum atomic E-state index is 12.7. The van der Waals surface area contributed by atoms with E-state index in [1.54, 1.807) is 35.6 Å². The molecule has 3 aromatic heterocycles. The van der Waals surface area contributed by atoms with E-state index in [2.05, 4.69) is 5.10 Å². The Bertz CT molecular complexity index is 852. The summed E-state index contributed by atoms with van der Waals surface area (Å²) in [6.07, 6.45) is 2.04. The predicted octanol–water partition coefficient (Wildman–Crippen LogP) is 4.58. The summed E-state index contributed by atoms with van der Waals surface area (Å²) < 4.78 is 10.6. The van der Waals surface area contributed by atoms with Crippen LogP contribution >= 0.6 is 22.9 Å². The van der Waals surface area contributed by atoms with Gasteiger partial charge in [0.1, 0.15) is 5.71 Å². The van der Waals surface area contributed by atoms with Crippen molar-refractivity contribution in [1.29, 1.82) is 0 Å². The smallest absolute Gasteiger partial charge is 0.310 e. The number of thiophene rings is 1. The largest absolute Gasteiger partial charge is 0.459 e. The number of halogens is 1. The van der Waals surface area contributed by atoms with Gasteiger partial charge in [0, 0.05) is 11.3 Å². The van der Waals surface area contributed by atoms with Gasteiger partial charge in [-0.05, 0) is 47.3 Å². The van der Waals surface area contributed by atoms with Gasteiger partial charge >= 0.3 is 5.91 Å². The summed E-state index contributed by atoms with van der Waals surface area (Å²) in [5, 5.41) is 8.19. The van der Waals surface area contributed by atoms with Crippen LogP contribution in [0.4, 0.5) is 0 Å². The molecule has 0 spiro atoms. The quantitative estimate of drug-likeness (QED) is 0.697. The van der Waals surface area contributed by atoms with Gasteiger partial charge < -0.3 is 8.83 Å². The van der Waals surface area contributed by atoms with Crippen molar-refractivity contribution in [3.63, 3.8) is 0 Å². The van der Waals surface area contributed by atoms with Crippen LogP contribution < -0.4 is 0 Å². The molecule has 1 aliphatic rings. The molecule has 23 heavy (non-hydrogen) atoms. The third-order valence-corrected chi connectivity index (χ3v) is 4.76. The standard InChI is InChI=1S/C16H11ClN2O3S/c17-15-6-5-12(22-15)10-9-11(14-4-2-8-23-14)19(18-10)16(20)13-3-1-7-21-13/h1-8,11H,9H2. The molecule has 0 saturated heterocycles. The first-order valence-corrected chi connectivity index (χ1v) is 8.22. The van der Waals surface area contributed by atoms with Crippen molar-refractivity contribution in [2.75, 3.05) is 0 Å². The van der Waals surface area contributed by atoms with E-state index < -0.39 is 0 Å². The molecule has 3 aromatic rings. The molecule has 0 N–H and O–H groups in total. The lowest BCUT2D eigenvalue weighted by Crippen LogP contribution is -2.26. The lowest BCUT2D eigenvalue weighted by Gasteiger charge is -2.19. The Hall–Kier alpha value is -2.31. The molecule has 116 valence electrons. The van der Waals surface area contributed by atoms with Gasteiger partial charge in [0.05, 0.1) is 12.3 Å². The Labute approximate surface area is 140 Å². The number of amides is 1. The van der Waals surface area contributed by atoms with Crippen LogP contribution in [0.2, 0.25) is 5.22 Å². The molecular formula is C16H11ClN2O3S. The van der Waals surface area contributed by atoms with Crippen LogP contribution in [0.15, 0.2) is 62.0 Å². The van der Waals surface area contributed by atoms with Crippen LogP contribution in [-0.2, 0) is 0 Å². The number of rotatable bonds is 3. The van der Waals surface area contributed by atoms with Gasteiger partial charge in [-0.15, -0.1) is 11.3 Å². The molecule has 5 nitrogen and oxygen atoms in total. The molecule has 1 aliphatic heterocycles. The number of carbonyl (C=O) groups excluding carboxylic acids is 1. The first-order chi connectivity index (χ1) is 11.2. The van der Waals surface area contributed by atoms with Gasteiger partial charge in [0.25, 0.3) is 0 Å². The molecular weight excluding hydrogens is 336 g/mol. The molecule has 0 fully saturated rings. The molecule has 0 radical (unpaired) electrons. The van der Waals surface area contributed by atoms with Crippen LogP contribution in [0.1, 0.15) is 33.7 Å². The van der Waals surface area contributed by atoms with E-state index in [4.69, 9.17) is 20.4 Å². The zero-order valence-electron chi connectivity index (χ0n) is 11.8. The van der Waals surface area contributed by atoms with Crippen molar-refractivity contribution in [3.05, 3.63) is 69.7 Å². The summed E-state index contributed by atoms with van der Waals surface area (Å²) >= 11 is 7.43. The Morgan fingerprint density at radius 2 is 2.22 bits per heavy atom. The second-order valence-electron chi connectivity index (χ2n) is 5.01. The molecule has 0 saturated carbocycles. The van der Waals surface area contributed by atoms with E-state index in [0.29, 0.717) is 23.1 Å². The number of hydrogen-bond donors (Lipinski definition) is 0. The number of furan rings is 2. The second-order valence-corrected chi connectivity index (χ2v) is 6.36. The molecule has 4 rings (SSSR count). The monoisotopic (exact) mass is 346 g/mol. The maximum absolute atomic E-state index is 12.7. The zero-order valence-corrected chi connectivity index (χ0v) is 13.4. The van der Waals surface area contributed by atoms with E-state index >= 15 is 0 Å². The Balaban J connectivity index is 1.71. The first-order valence-electron chi connectivity index (χ1n) is 6.96. The van der Waals surface area contributed by atoms with E-state index in [-0.39, 0.29) is 17.7 Å². The highest BCUT2D eigenvalue weighted by Crippen LogP contribution is 2.36. The third kappa shape index (κ3) is 2.60. The highest BCUT2D eigenvalue weighted by atomic mass is 35.5. The number of hydrogen-bond acceptors (Lipinski definition) is 5. The fourth-order valence-electron chi connectivity index (χ4n) is 2.53. The van der Waals surface area contributed by atoms with Crippen molar-refractivity contribution in [2.45, 2.75) is 12.5 Å². The fraction of sp³-hybridized carbons (Fsp3) is 0.125. The van der Waals surface area contributed by atoms with Gasteiger partial charge in [-0.3, -0.25) is 4.79 Å². The van der Waals surface area contributed by atoms with Crippen LogP contribution in [0, 0.1) is 0 Å². The summed E-state index contributed by atoms with van der Waals surface area (Å²) in [6.45, 7) is 0. The Morgan fingerprint density at radius 3 is 2.87 bits per heavy atom. The first kappa shape index (κ1) is 14.3. The van der Waals surface area contributed by atoms with Crippen molar-refractivity contribution < 1.29 is 13.6 Å². The van der Waals surface area contributed by atoms with Gasteiger partial charge in [-0.1, -0.05) is 6.07 Å². The third-order valence-electron chi connectivity index (χ3n) is 3.58. The SMILES string of the molecule is O=C(c1ccco1)N1N=C(c2ccc(Cl)o2)CC1c1cccs1. The summed E-state index contributed by atoms with van der Waals surface area (Å²) in [5.74, 6) is 0.557. The van der Waals surface area contributed by atoms with Crippen LogP contribution in [0.3, 0.4) is 0 Å². The molecule has 0 aromatic carbocycles. The van der Waals surface area contributed by atoms with Crippen molar-refractivity contribution in [3.8, 4) is 0 Å². The summed E-state index contributed by atoms with van der Waals surface area (Å²) in [5.41, 5.74) is 0.690. The number of carbonyl (C=O) groups is 1. The predicted molar refractivity (Wildman–Crippen MR) is 86.8 cm³/mol. The highest BCUT2D eigenvalue weighted by Gasteiger charge is 2.36. The maximum Gasteiger partial charge on any atom is 0.310 e. The molecule has 1 unspecified atom stereocenters. The van der Waals surface area contributed by atoms with Gasteiger partial charge in [-0.25, -0.2) is 5.01 Å². The Morgan fingerprint density at radius 1 is 1.30 bits per heavy atom. The average molecular weight is 347 g/mol. The molecule has 4 heterocycles.